The summed E-state index contributed by atoms with van der Waals surface area (Å²) in [5.41, 5.74) is 1.95. The highest BCUT2D eigenvalue weighted by molar-refractivity contribution is 5.82. The maximum Gasteiger partial charge on any atom is 0.282 e. The fourth-order valence-corrected chi connectivity index (χ4v) is 3.65. The van der Waals surface area contributed by atoms with Gasteiger partial charge in [-0.3, -0.25) is 9.79 Å². The van der Waals surface area contributed by atoms with Gasteiger partial charge in [-0.15, -0.1) is 0 Å². The van der Waals surface area contributed by atoms with Gasteiger partial charge in [-0.2, -0.15) is 14.9 Å². The first kappa shape index (κ1) is 21.6. The van der Waals surface area contributed by atoms with Crippen LogP contribution in [0.15, 0.2) is 58.6 Å². The summed E-state index contributed by atoms with van der Waals surface area (Å²) in [5, 5.41) is 19.2. The van der Waals surface area contributed by atoms with E-state index in [0.29, 0.717) is 28.0 Å². The Morgan fingerprint density at radius 2 is 1.94 bits per heavy atom. The van der Waals surface area contributed by atoms with E-state index in [-0.39, 0.29) is 17.4 Å². The molecule has 0 amide bonds. The Bertz CT molecular complexity index is 1400. The van der Waals surface area contributed by atoms with Gasteiger partial charge in [0.05, 0.1) is 29.6 Å². The maximum atomic E-state index is 15.0. The summed E-state index contributed by atoms with van der Waals surface area (Å²) in [5.74, 6) is -0.592. The number of hydrogen-bond donors (Lipinski definition) is 1. The summed E-state index contributed by atoms with van der Waals surface area (Å²) < 4.78 is 17.7. The van der Waals surface area contributed by atoms with Crippen LogP contribution in [-0.4, -0.2) is 37.9 Å². The number of rotatable bonds is 4. The van der Waals surface area contributed by atoms with E-state index in [1.807, 2.05) is 20.8 Å². The van der Waals surface area contributed by atoms with E-state index in [1.54, 1.807) is 54.5 Å². The predicted molar refractivity (Wildman–Crippen MR) is 123 cm³/mol. The topological polar surface area (TPSA) is 85.3 Å². The fourth-order valence-electron chi connectivity index (χ4n) is 3.65. The van der Waals surface area contributed by atoms with Crippen molar-refractivity contribution >= 4 is 17.0 Å². The van der Waals surface area contributed by atoms with E-state index in [0.717, 1.165) is 10.2 Å². The number of halogens is 1. The minimum Gasteiger partial charge on any atom is -0.392 e. The van der Waals surface area contributed by atoms with Gasteiger partial charge >= 0.3 is 0 Å². The molecule has 0 aliphatic carbocycles. The molecule has 0 aliphatic heterocycles. The predicted octanol–water partition coefficient (Wildman–Crippen LogP) is 3.55. The highest BCUT2D eigenvalue weighted by Crippen LogP contribution is 2.27. The summed E-state index contributed by atoms with van der Waals surface area (Å²) in [6.07, 6.45) is 4.83. The van der Waals surface area contributed by atoms with Gasteiger partial charge in [0.15, 0.2) is 0 Å². The summed E-state index contributed by atoms with van der Waals surface area (Å²) in [7, 11) is 1.65. The minimum atomic E-state index is -0.592. The summed E-state index contributed by atoms with van der Waals surface area (Å²) in [6.45, 7) is 5.58. The average molecular weight is 433 g/mol. The molecule has 0 aliphatic rings. The van der Waals surface area contributed by atoms with Crippen LogP contribution in [0.2, 0.25) is 0 Å². The van der Waals surface area contributed by atoms with Crippen molar-refractivity contribution in [3.8, 4) is 11.4 Å². The van der Waals surface area contributed by atoms with Crippen LogP contribution in [0.4, 0.5) is 4.39 Å². The Morgan fingerprint density at radius 1 is 1.19 bits per heavy atom. The van der Waals surface area contributed by atoms with Crippen molar-refractivity contribution in [1.29, 1.82) is 0 Å². The second kappa shape index (κ2) is 8.12. The van der Waals surface area contributed by atoms with Crippen LogP contribution >= 0.6 is 0 Å². The molecule has 4 aromatic rings. The standard InChI is InChI=1S/C24H24FN5O2/c1-24(2,3)16-10-15-12-27-30(23(32)22(15)19(25)11-16)21-7-5-6-20(18(21)14-31)29-9-8-17(28-29)13-26-4/h5-13,31H,14H2,1-4H3. The Hall–Kier alpha value is -3.65. The molecule has 0 saturated heterocycles. The van der Waals surface area contributed by atoms with Crippen LogP contribution in [0.1, 0.15) is 37.6 Å². The van der Waals surface area contributed by atoms with Crippen molar-refractivity contribution in [3.05, 3.63) is 81.8 Å². The van der Waals surface area contributed by atoms with Gasteiger partial charge in [-0.25, -0.2) is 9.07 Å². The first-order chi connectivity index (χ1) is 15.2. The zero-order valence-corrected chi connectivity index (χ0v) is 18.4. The molecule has 0 radical (unpaired) electrons. The van der Waals surface area contributed by atoms with Gasteiger partial charge in [0.1, 0.15) is 11.5 Å². The molecule has 1 N–H and O–H groups in total. The Labute approximate surface area is 184 Å². The number of fused-ring (bicyclic) bond motifs is 1. The highest BCUT2D eigenvalue weighted by atomic mass is 19.1. The SMILES string of the molecule is CN=Cc1ccn(-c2cccc(-n3ncc4cc(C(C)(C)C)cc(F)c4c3=O)c2CO)n1. The molecule has 0 unspecified atom stereocenters. The van der Waals surface area contributed by atoms with Crippen molar-refractivity contribution in [1.82, 2.24) is 19.6 Å². The Kier molecular flexibility index (Phi) is 5.48. The molecule has 2 aromatic heterocycles. The first-order valence-electron chi connectivity index (χ1n) is 10.2. The lowest BCUT2D eigenvalue weighted by molar-refractivity contribution is 0.280. The molecule has 164 valence electrons. The van der Waals surface area contributed by atoms with Gasteiger partial charge in [0, 0.05) is 30.4 Å². The highest BCUT2D eigenvalue weighted by Gasteiger charge is 2.20. The molecule has 8 heteroatoms. The van der Waals surface area contributed by atoms with Gasteiger partial charge in [0.2, 0.25) is 0 Å². The van der Waals surface area contributed by atoms with Crippen molar-refractivity contribution in [2.24, 2.45) is 4.99 Å². The van der Waals surface area contributed by atoms with E-state index in [4.69, 9.17) is 0 Å². The van der Waals surface area contributed by atoms with Crippen LogP contribution in [0.5, 0.6) is 0 Å². The normalized spacial score (nSPS) is 12.2. The molecule has 0 bridgehead atoms. The molecular weight excluding hydrogens is 409 g/mol. The van der Waals surface area contributed by atoms with Crippen LogP contribution < -0.4 is 5.56 Å². The molecule has 0 saturated carbocycles. The second-order valence-corrected chi connectivity index (χ2v) is 8.54. The molecule has 4 rings (SSSR count). The maximum absolute atomic E-state index is 15.0. The fraction of sp³-hybridized carbons (Fsp3) is 0.250. The van der Waals surface area contributed by atoms with Crippen molar-refractivity contribution < 1.29 is 9.50 Å². The lowest BCUT2D eigenvalue weighted by Gasteiger charge is -2.20. The summed E-state index contributed by atoms with van der Waals surface area (Å²) in [6, 6.07) is 10.1. The third-order valence-electron chi connectivity index (χ3n) is 5.34. The van der Waals surface area contributed by atoms with Gasteiger partial charge < -0.3 is 5.11 Å². The number of aliphatic hydroxyl groups excluding tert-OH is 1. The van der Waals surface area contributed by atoms with Crippen molar-refractivity contribution in [2.75, 3.05) is 7.05 Å². The van der Waals surface area contributed by atoms with E-state index < -0.39 is 11.4 Å². The zero-order valence-electron chi connectivity index (χ0n) is 18.4. The molecule has 2 heterocycles. The molecular formula is C24H24FN5O2. The number of aromatic nitrogens is 4. The lowest BCUT2D eigenvalue weighted by atomic mass is 9.86. The number of nitrogens with zero attached hydrogens (tertiary/aromatic N) is 5. The van der Waals surface area contributed by atoms with Gasteiger partial charge in [0.25, 0.3) is 5.56 Å². The molecule has 2 aromatic carbocycles. The van der Waals surface area contributed by atoms with Crippen LogP contribution in [-0.2, 0) is 12.0 Å². The Balaban J connectivity index is 1.92. The van der Waals surface area contributed by atoms with E-state index >= 15 is 4.39 Å². The van der Waals surface area contributed by atoms with Crippen LogP contribution in [0, 0.1) is 5.82 Å². The summed E-state index contributed by atoms with van der Waals surface area (Å²) >= 11 is 0. The molecule has 0 fully saturated rings. The monoisotopic (exact) mass is 433 g/mol. The third kappa shape index (κ3) is 3.73. The second-order valence-electron chi connectivity index (χ2n) is 8.54. The van der Waals surface area contributed by atoms with E-state index in [9.17, 15) is 9.90 Å². The van der Waals surface area contributed by atoms with E-state index in [2.05, 4.69) is 15.2 Å². The first-order valence-corrected chi connectivity index (χ1v) is 10.2. The zero-order chi connectivity index (χ0) is 23.0. The number of aliphatic hydroxyl groups is 1. The Morgan fingerprint density at radius 3 is 2.62 bits per heavy atom. The minimum absolute atomic E-state index is 0.0391. The lowest BCUT2D eigenvalue weighted by Crippen LogP contribution is -2.24. The molecule has 7 nitrogen and oxygen atoms in total. The van der Waals surface area contributed by atoms with Gasteiger partial charge in [-0.05, 0) is 41.3 Å². The average Bonchev–Trinajstić information content (AvgIpc) is 3.21. The van der Waals surface area contributed by atoms with Crippen LogP contribution in [0.3, 0.4) is 0 Å². The smallest absolute Gasteiger partial charge is 0.282 e. The number of benzene rings is 2. The number of aliphatic imine (C=N–C) groups is 1. The van der Waals surface area contributed by atoms with Crippen LogP contribution in [0.25, 0.3) is 22.1 Å². The van der Waals surface area contributed by atoms with Crippen molar-refractivity contribution in [3.63, 3.8) is 0 Å². The van der Waals surface area contributed by atoms with Gasteiger partial charge in [-0.1, -0.05) is 26.8 Å². The van der Waals surface area contributed by atoms with Crippen molar-refractivity contribution in [2.45, 2.75) is 32.8 Å². The number of hydrogen-bond acceptors (Lipinski definition) is 5. The third-order valence-corrected chi connectivity index (χ3v) is 5.34. The quantitative estimate of drug-likeness (QED) is 0.499. The van der Waals surface area contributed by atoms with E-state index in [1.165, 1.54) is 12.3 Å². The summed E-state index contributed by atoms with van der Waals surface area (Å²) in [4.78, 5) is 17.2. The molecule has 0 atom stereocenters. The molecule has 0 spiro atoms. The molecule has 32 heavy (non-hydrogen) atoms. The largest absolute Gasteiger partial charge is 0.392 e.